The molecule has 5 heteroatoms. The summed E-state index contributed by atoms with van der Waals surface area (Å²) in [6.07, 6.45) is 1.89. The van der Waals surface area contributed by atoms with Crippen LogP contribution in [0.25, 0.3) is 0 Å². The number of nitrogens with one attached hydrogen (secondary N) is 2. The van der Waals surface area contributed by atoms with E-state index in [0.29, 0.717) is 0 Å². The van der Waals surface area contributed by atoms with E-state index in [4.69, 9.17) is 5.11 Å². The van der Waals surface area contributed by atoms with E-state index >= 15 is 0 Å². The maximum absolute atomic E-state index is 11.0. The van der Waals surface area contributed by atoms with Crippen molar-refractivity contribution in [2.24, 2.45) is 0 Å². The Bertz CT molecular complexity index is 292. The van der Waals surface area contributed by atoms with Crippen molar-refractivity contribution in [1.82, 2.24) is 10.3 Å². The number of amides is 1. The molecule has 1 aromatic heterocycles. The molecule has 1 rings (SSSR count). The molecule has 0 saturated heterocycles. The van der Waals surface area contributed by atoms with Crippen molar-refractivity contribution >= 4 is 11.9 Å². The highest BCUT2D eigenvalue weighted by Gasteiger charge is 2.04. The van der Waals surface area contributed by atoms with Crippen LogP contribution in [0.2, 0.25) is 0 Å². The van der Waals surface area contributed by atoms with Crippen LogP contribution < -0.4 is 5.32 Å². The number of rotatable bonds is 4. The summed E-state index contributed by atoms with van der Waals surface area (Å²) >= 11 is 0. The predicted octanol–water partition coefficient (Wildman–Crippen LogP) is -0.242. The number of aromatic amines is 1. The highest BCUT2D eigenvalue weighted by Crippen LogP contribution is 1.94. The SMILES string of the molecule is O=C(O)CNC(=O)Cc1ccc[nH]1. The summed E-state index contributed by atoms with van der Waals surface area (Å²) in [5.74, 6) is -1.34. The standard InChI is InChI=1S/C8H10N2O3/c11-7(10-5-8(12)13)4-6-2-1-3-9-6/h1-3,9H,4-5H2,(H,10,11)(H,12,13). The van der Waals surface area contributed by atoms with Gasteiger partial charge in [0.2, 0.25) is 5.91 Å². The maximum Gasteiger partial charge on any atom is 0.322 e. The lowest BCUT2D eigenvalue weighted by atomic mass is 10.3. The largest absolute Gasteiger partial charge is 0.480 e. The first kappa shape index (κ1) is 9.31. The number of carbonyl (C=O) groups excluding carboxylic acids is 1. The zero-order valence-corrected chi connectivity index (χ0v) is 6.91. The van der Waals surface area contributed by atoms with Gasteiger partial charge in [-0.15, -0.1) is 0 Å². The Balaban J connectivity index is 2.30. The van der Waals surface area contributed by atoms with E-state index < -0.39 is 5.97 Å². The van der Waals surface area contributed by atoms with Crippen LogP contribution in [-0.4, -0.2) is 28.5 Å². The van der Waals surface area contributed by atoms with Crippen LogP contribution >= 0.6 is 0 Å². The highest BCUT2D eigenvalue weighted by molar-refractivity contribution is 5.82. The topological polar surface area (TPSA) is 82.2 Å². The van der Waals surface area contributed by atoms with Crippen molar-refractivity contribution in [2.75, 3.05) is 6.54 Å². The van der Waals surface area contributed by atoms with Crippen LogP contribution in [0.4, 0.5) is 0 Å². The molecule has 0 aliphatic rings. The Morgan fingerprint density at radius 1 is 1.54 bits per heavy atom. The molecule has 0 unspecified atom stereocenters. The maximum atomic E-state index is 11.0. The summed E-state index contributed by atoms with van der Waals surface area (Å²) in [6, 6.07) is 3.54. The normalized spacial score (nSPS) is 9.54. The van der Waals surface area contributed by atoms with Crippen LogP contribution in [0.5, 0.6) is 0 Å². The number of H-pyrrole nitrogens is 1. The second-order valence-corrected chi connectivity index (χ2v) is 2.54. The van der Waals surface area contributed by atoms with Gasteiger partial charge in [-0.05, 0) is 12.1 Å². The summed E-state index contributed by atoms with van der Waals surface area (Å²) in [7, 11) is 0. The van der Waals surface area contributed by atoms with E-state index in [1.54, 1.807) is 18.3 Å². The first-order valence-electron chi connectivity index (χ1n) is 3.79. The second-order valence-electron chi connectivity index (χ2n) is 2.54. The van der Waals surface area contributed by atoms with Gasteiger partial charge in [-0.25, -0.2) is 0 Å². The molecule has 1 aromatic rings. The van der Waals surface area contributed by atoms with Crippen LogP contribution in [0.1, 0.15) is 5.69 Å². The fourth-order valence-electron chi connectivity index (χ4n) is 0.887. The second kappa shape index (κ2) is 4.30. The zero-order chi connectivity index (χ0) is 9.68. The first-order valence-corrected chi connectivity index (χ1v) is 3.79. The van der Waals surface area contributed by atoms with Gasteiger partial charge in [0.15, 0.2) is 0 Å². The van der Waals surface area contributed by atoms with Crippen LogP contribution in [0.15, 0.2) is 18.3 Å². The molecule has 3 N–H and O–H groups in total. The molecule has 0 bridgehead atoms. The molecule has 1 amide bonds. The van der Waals surface area contributed by atoms with E-state index in [1.165, 1.54) is 0 Å². The van der Waals surface area contributed by atoms with Crippen molar-refractivity contribution in [3.8, 4) is 0 Å². The van der Waals surface area contributed by atoms with Gasteiger partial charge in [0.1, 0.15) is 6.54 Å². The number of carboxylic acids is 1. The molecule has 0 saturated carbocycles. The molecule has 0 atom stereocenters. The van der Waals surface area contributed by atoms with Crippen molar-refractivity contribution < 1.29 is 14.7 Å². The molecule has 70 valence electrons. The first-order chi connectivity index (χ1) is 6.18. The highest BCUT2D eigenvalue weighted by atomic mass is 16.4. The Kier molecular flexibility index (Phi) is 3.08. The Morgan fingerprint density at radius 2 is 2.31 bits per heavy atom. The van der Waals surface area contributed by atoms with Crippen LogP contribution in [-0.2, 0) is 16.0 Å². The van der Waals surface area contributed by atoms with E-state index in [2.05, 4.69) is 10.3 Å². The quantitative estimate of drug-likeness (QED) is 0.601. The van der Waals surface area contributed by atoms with Gasteiger partial charge in [0.25, 0.3) is 0 Å². The molecule has 0 aliphatic heterocycles. The van der Waals surface area contributed by atoms with Crippen LogP contribution in [0, 0.1) is 0 Å². The Morgan fingerprint density at radius 3 is 2.85 bits per heavy atom. The number of hydrogen-bond donors (Lipinski definition) is 3. The molecule has 0 aromatic carbocycles. The fourth-order valence-corrected chi connectivity index (χ4v) is 0.887. The molecule has 5 nitrogen and oxygen atoms in total. The lowest BCUT2D eigenvalue weighted by molar-refractivity contribution is -0.137. The van der Waals surface area contributed by atoms with E-state index in [1.807, 2.05) is 0 Å². The lowest BCUT2D eigenvalue weighted by Gasteiger charge is -1.99. The van der Waals surface area contributed by atoms with E-state index in [9.17, 15) is 9.59 Å². The summed E-state index contributed by atoms with van der Waals surface area (Å²) in [5, 5.41) is 10.5. The van der Waals surface area contributed by atoms with E-state index in [0.717, 1.165) is 5.69 Å². The third kappa shape index (κ3) is 3.42. The number of carbonyl (C=O) groups is 2. The predicted molar refractivity (Wildman–Crippen MR) is 45.1 cm³/mol. The lowest BCUT2D eigenvalue weighted by Crippen LogP contribution is -2.30. The van der Waals surface area contributed by atoms with Gasteiger partial charge in [-0.1, -0.05) is 0 Å². The third-order valence-corrected chi connectivity index (χ3v) is 1.45. The molecule has 1 heterocycles. The van der Waals surface area contributed by atoms with Crippen molar-refractivity contribution in [3.63, 3.8) is 0 Å². The van der Waals surface area contributed by atoms with Crippen LogP contribution in [0.3, 0.4) is 0 Å². The third-order valence-electron chi connectivity index (χ3n) is 1.45. The number of aromatic nitrogens is 1. The molecule has 0 aliphatic carbocycles. The van der Waals surface area contributed by atoms with Gasteiger partial charge >= 0.3 is 5.97 Å². The van der Waals surface area contributed by atoms with Crippen molar-refractivity contribution in [2.45, 2.75) is 6.42 Å². The summed E-state index contributed by atoms with van der Waals surface area (Å²) in [4.78, 5) is 24.0. The van der Waals surface area contributed by atoms with Gasteiger partial charge in [-0.2, -0.15) is 0 Å². The monoisotopic (exact) mass is 182 g/mol. The summed E-state index contributed by atoms with van der Waals surface area (Å²) in [5.41, 5.74) is 0.767. The minimum atomic E-state index is -1.04. The van der Waals surface area contributed by atoms with E-state index in [-0.39, 0.29) is 18.9 Å². The average Bonchev–Trinajstić information content (AvgIpc) is 2.53. The van der Waals surface area contributed by atoms with Gasteiger partial charge in [0, 0.05) is 11.9 Å². The summed E-state index contributed by atoms with van der Waals surface area (Å²) < 4.78 is 0. The van der Waals surface area contributed by atoms with Crippen molar-refractivity contribution in [1.29, 1.82) is 0 Å². The Labute approximate surface area is 74.8 Å². The van der Waals surface area contributed by atoms with Gasteiger partial charge in [-0.3, -0.25) is 9.59 Å². The Hall–Kier alpha value is -1.78. The fraction of sp³-hybridized carbons (Fsp3) is 0.250. The zero-order valence-electron chi connectivity index (χ0n) is 6.91. The average molecular weight is 182 g/mol. The smallest absolute Gasteiger partial charge is 0.322 e. The minimum Gasteiger partial charge on any atom is -0.480 e. The number of hydrogen-bond acceptors (Lipinski definition) is 2. The molecule has 13 heavy (non-hydrogen) atoms. The molecular weight excluding hydrogens is 172 g/mol. The number of aliphatic carboxylic acids is 1. The number of carboxylic acid groups (broad SMARTS) is 1. The summed E-state index contributed by atoms with van der Waals surface area (Å²) in [6.45, 7) is -0.334. The van der Waals surface area contributed by atoms with Gasteiger partial charge < -0.3 is 15.4 Å². The molecule has 0 spiro atoms. The molecular formula is C8H10N2O3. The molecule has 0 fully saturated rings. The minimum absolute atomic E-state index is 0.181. The molecule has 0 radical (unpaired) electrons. The van der Waals surface area contributed by atoms with Crippen molar-refractivity contribution in [3.05, 3.63) is 24.0 Å². The van der Waals surface area contributed by atoms with Gasteiger partial charge in [0.05, 0.1) is 6.42 Å².